The molecular weight excluding hydrogens is 198 g/mol. The third-order valence-corrected chi connectivity index (χ3v) is 1.69. The third-order valence-electron chi connectivity index (χ3n) is 1.69. The molecule has 1 aromatic carbocycles. The molecule has 0 aromatic heterocycles. The van der Waals surface area contributed by atoms with E-state index in [0.717, 1.165) is 0 Å². The zero-order valence-corrected chi connectivity index (χ0v) is 8.21. The van der Waals surface area contributed by atoms with Gasteiger partial charge in [-0.2, -0.15) is 0 Å². The van der Waals surface area contributed by atoms with Crippen molar-refractivity contribution in [3.05, 3.63) is 29.8 Å². The van der Waals surface area contributed by atoms with Crippen molar-refractivity contribution in [2.45, 2.75) is 0 Å². The molecule has 0 atom stereocenters. The highest BCUT2D eigenvalue weighted by Gasteiger charge is 2.04. The lowest BCUT2D eigenvalue weighted by Crippen LogP contribution is -2.13. The van der Waals surface area contributed by atoms with E-state index in [4.69, 9.17) is 9.94 Å². The summed E-state index contributed by atoms with van der Waals surface area (Å²) in [5, 5.41) is 11.3. The van der Waals surface area contributed by atoms with Crippen molar-refractivity contribution >= 4 is 12.2 Å². The maximum Gasteiger partial charge on any atom is 0.343 e. The smallest absolute Gasteiger partial charge is 0.343 e. The number of carbonyl (C=O) groups excluding carboxylic acids is 1. The number of methoxy groups -OCH3 is 1. The molecule has 0 saturated carbocycles. The molecule has 0 spiro atoms. The Bertz CT molecular complexity index is 362. The number of benzene rings is 1. The molecular formula is C10H11NO4. The van der Waals surface area contributed by atoms with E-state index in [9.17, 15) is 4.79 Å². The summed E-state index contributed by atoms with van der Waals surface area (Å²) in [6.07, 6.45) is 1.23. The molecule has 0 saturated heterocycles. The van der Waals surface area contributed by atoms with E-state index in [1.807, 2.05) is 0 Å². The number of esters is 1. The van der Waals surface area contributed by atoms with Gasteiger partial charge in [-0.1, -0.05) is 17.3 Å². The standard InChI is InChI=1S/C10H11NO4/c1-14-10(12)7-15-9-5-3-2-4-8(9)6-11-13/h2-6,13H,7H2,1H3. The predicted octanol–water partition coefficient (Wildman–Crippen LogP) is 1.05. The summed E-state index contributed by atoms with van der Waals surface area (Å²) >= 11 is 0. The van der Waals surface area contributed by atoms with Gasteiger partial charge in [-0.3, -0.25) is 0 Å². The molecule has 5 nitrogen and oxygen atoms in total. The van der Waals surface area contributed by atoms with Gasteiger partial charge < -0.3 is 14.7 Å². The molecule has 0 bridgehead atoms. The van der Waals surface area contributed by atoms with Crippen molar-refractivity contribution in [3.8, 4) is 5.75 Å². The van der Waals surface area contributed by atoms with Crippen molar-refractivity contribution in [3.63, 3.8) is 0 Å². The van der Waals surface area contributed by atoms with Crippen LogP contribution in [0.3, 0.4) is 0 Å². The average molecular weight is 209 g/mol. The second-order valence-electron chi connectivity index (χ2n) is 2.65. The first kappa shape index (κ1) is 11.0. The van der Waals surface area contributed by atoms with Gasteiger partial charge in [0, 0.05) is 5.56 Å². The van der Waals surface area contributed by atoms with Crippen molar-refractivity contribution in [2.24, 2.45) is 5.16 Å². The number of para-hydroxylation sites is 1. The van der Waals surface area contributed by atoms with E-state index in [-0.39, 0.29) is 6.61 Å². The monoisotopic (exact) mass is 209 g/mol. The third kappa shape index (κ3) is 3.30. The summed E-state index contributed by atoms with van der Waals surface area (Å²) in [5.41, 5.74) is 0.587. The van der Waals surface area contributed by atoms with Gasteiger partial charge >= 0.3 is 5.97 Å². The van der Waals surface area contributed by atoms with Crippen LogP contribution in [0.15, 0.2) is 29.4 Å². The minimum Gasteiger partial charge on any atom is -0.481 e. The molecule has 80 valence electrons. The quantitative estimate of drug-likeness (QED) is 0.348. The number of nitrogens with zero attached hydrogens (tertiary/aromatic N) is 1. The fourth-order valence-electron chi connectivity index (χ4n) is 0.976. The Labute approximate surface area is 86.9 Å². The average Bonchev–Trinajstić information content (AvgIpc) is 2.28. The molecule has 0 aliphatic heterocycles. The summed E-state index contributed by atoms with van der Waals surface area (Å²) in [5.74, 6) is -0.00793. The molecule has 0 unspecified atom stereocenters. The highest BCUT2D eigenvalue weighted by atomic mass is 16.6. The molecule has 15 heavy (non-hydrogen) atoms. The molecule has 0 aliphatic rings. The van der Waals surface area contributed by atoms with Crippen molar-refractivity contribution < 1.29 is 19.5 Å². The minimum atomic E-state index is -0.467. The van der Waals surface area contributed by atoms with Crippen LogP contribution in [0.4, 0.5) is 0 Å². The van der Waals surface area contributed by atoms with Gasteiger partial charge in [-0.25, -0.2) is 4.79 Å². The zero-order chi connectivity index (χ0) is 11.1. The van der Waals surface area contributed by atoms with Gasteiger partial charge in [0.2, 0.25) is 0 Å². The molecule has 0 aliphatic carbocycles. The van der Waals surface area contributed by atoms with Crippen LogP contribution in [0.1, 0.15) is 5.56 Å². The molecule has 1 aromatic rings. The Balaban J connectivity index is 2.71. The lowest BCUT2D eigenvalue weighted by molar-refractivity contribution is -0.142. The maximum absolute atomic E-state index is 10.8. The van der Waals surface area contributed by atoms with Gasteiger partial charge in [0.15, 0.2) is 6.61 Å². The summed E-state index contributed by atoms with van der Waals surface area (Å²) < 4.78 is 9.59. The first-order chi connectivity index (χ1) is 7.27. The molecule has 1 N–H and O–H groups in total. The van der Waals surface area contributed by atoms with Crippen LogP contribution >= 0.6 is 0 Å². The van der Waals surface area contributed by atoms with Gasteiger partial charge in [0.1, 0.15) is 5.75 Å². The van der Waals surface area contributed by atoms with Gasteiger partial charge in [0.05, 0.1) is 13.3 Å². The molecule has 1 rings (SSSR count). The number of rotatable bonds is 4. The van der Waals surface area contributed by atoms with E-state index in [1.165, 1.54) is 13.3 Å². The SMILES string of the molecule is COC(=O)COc1ccccc1C=NO. The lowest BCUT2D eigenvalue weighted by atomic mass is 10.2. The van der Waals surface area contributed by atoms with Crippen LogP contribution < -0.4 is 4.74 Å². The van der Waals surface area contributed by atoms with E-state index < -0.39 is 5.97 Å². The number of carbonyl (C=O) groups is 1. The highest BCUT2D eigenvalue weighted by Crippen LogP contribution is 2.15. The second kappa shape index (κ2) is 5.64. The first-order valence-corrected chi connectivity index (χ1v) is 4.24. The van der Waals surface area contributed by atoms with Crippen molar-refractivity contribution in [2.75, 3.05) is 13.7 Å². The first-order valence-electron chi connectivity index (χ1n) is 4.24. The Morgan fingerprint density at radius 1 is 1.53 bits per heavy atom. The van der Waals surface area contributed by atoms with E-state index in [0.29, 0.717) is 11.3 Å². The largest absolute Gasteiger partial charge is 0.481 e. The van der Waals surface area contributed by atoms with E-state index in [2.05, 4.69) is 9.89 Å². The van der Waals surface area contributed by atoms with Gasteiger partial charge in [0.25, 0.3) is 0 Å². The Morgan fingerprint density at radius 2 is 2.27 bits per heavy atom. The van der Waals surface area contributed by atoms with Crippen LogP contribution in [0.2, 0.25) is 0 Å². The van der Waals surface area contributed by atoms with Gasteiger partial charge in [-0.05, 0) is 12.1 Å². The van der Waals surface area contributed by atoms with Crippen LogP contribution in [0.5, 0.6) is 5.75 Å². The normalized spacial score (nSPS) is 10.2. The number of hydrogen-bond donors (Lipinski definition) is 1. The topological polar surface area (TPSA) is 68.1 Å². The van der Waals surface area contributed by atoms with Crippen molar-refractivity contribution in [1.82, 2.24) is 0 Å². The predicted molar refractivity (Wildman–Crippen MR) is 53.3 cm³/mol. The highest BCUT2D eigenvalue weighted by molar-refractivity contribution is 5.83. The Kier molecular flexibility index (Phi) is 4.15. The maximum atomic E-state index is 10.8. The second-order valence-corrected chi connectivity index (χ2v) is 2.65. The lowest BCUT2D eigenvalue weighted by Gasteiger charge is -2.06. The Morgan fingerprint density at radius 3 is 2.93 bits per heavy atom. The fraction of sp³-hybridized carbons (Fsp3) is 0.200. The number of ether oxygens (including phenoxy) is 2. The Hall–Kier alpha value is -2.04. The summed E-state index contributed by atoms with van der Waals surface area (Å²) in [6, 6.07) is 6.88. The molecule has 0 fully saturated rings. The van der Waals surface area contributed by atoms with Crippen LogP contribution in [0.25, 0.3) is 0 Å². The summed E-state index contributed by atoms with van der Waals surface area (Å²) in [4.78, 5) is 10.8. The van der Waals surface area contributed by atoms with Crippen LogP contribution in [0, 0.1) is 0 Å². The summed E-state index contributed by atoms with van der Waals surface area (Å²) in [6.45, 7) is -0.174. The van der Waals surface area contributed by atoms with Crippen molar-refractivity contribution in [1.29, 1.82) is 0 Å². The van der Waals surface area contributed by atoms with Gasteiger partial charge in [-0.15, -0.1) is 0 Å². The number of oxime groups is 1. The van der Waals surface area contributed by atoms with E-state index in [1.54, 1.807) is 24.3 Å². The summed E-state index contributed by atoms with van der Waals surface area (Å²) in [7, 11) is 1.28. The molecule has 0 heterocycles. The van der Waals surface area contributed by atoms with E-state index >= 15 is 0 Å². The molecule has 0 amide bonds. The number of hydrogen-bond acceptors (Lipinski definition) is 5. The minimum absolute atomic E-state index is 0.174. The van der Waals surface area contributed by atoms with Crippen LogP contribution in [-0.4, -0.2) is 31.1 Å². The molecule has 0 radical (unpaired) electrons. The van der Waals surface area contributed by atoms with Crippen LogP contribution in [-0.2, 0) is 9.53 Å². The fourth-order valence-corrected chi connectivity index (χ4v) is 0.976. The zero-order valence-electron chi connectivity index (χ0n) is 8.21. The molecule has 5 heteroatoms.